The summed E-state index contributed by atoms with van der Waals surface area (Å²) in [5, 5.41) is 4.56. The Morgan fingerprint density at radius 2 is 1.89 bits per heavy atom. The van der Waals surface area contributed by atoms with Crippen molar-refractivity contribution in [2.24, 2.45) is 0 Å². The van der Waals surface area contributed by atoms with Crippen LogP contribution >= 0.6 is 0 Å². The Labute approximate surface area is 162 Å². The molecule has 4 rings (SSSR count). The standard InChI is InChI=1S/C21H21FN4O2/c1-24(16-7-9-17(28-2)10-8-16)14-15-13-20-21(27)25(11-12-26(20)23-15)19-6-4-3-5-18(19)22/h3-10,13H,11-12,14H2,1-2H3. The molecular weight excluding hydrogens is 359 g/mol. The van der Waals surface area contributed by atoms with Gasteiger partial charge in [0.25, 0.3) is 5.91 Å². The number of halogens is 1. The van der Waals surface area contributed by atoms with E-state index in [9.17, 15) is 9.18 Å². The number of benzene rings is 2. The molecule has 3 aromatic rings. The molecule has 0 bridgehead atoms. The molecule has 0 fully saturated rings. The van der Waals surface area contributed by atoms with Gasteiger partial charge >= 0.3 is 0 Å². The number of anilines is 2. The predicted octanol–water partition coefficient (Wildman–Crippen LogP) is 3.33. The van der Waals surface area contributed by atoms with E-state index >= 15 is 0 Å². The van der Waals surface area contributed by atoms with Gasteiger partial charge in [-0.15, -0.1) is 0 Å². The first-order chi connectivity index (χ1) is 13.6. The molecule has 0 saturated heterocycles. The lowest BCUT2D eigenvalue weighted by Gasteiger charge is -2.27. The molecule has 1 aliphatic heterocycles. The summed E-state index contributed by atoms with van der Waals surface area (Å²) in [6.45, 7) is 1.48. The Morgan fingerprint density at radius 1 is 1.14 bits per heavy atom. The van der Waals surface area contributed by atoms with Crippen molar-refractivity contribution in [3.8, 4) is 5.75 Å². The van der Waals surface area contributed by atoms with E-state index in [-0.39, 0.29) is 5.91 Å². The number of methoxy groups -OCH3 is 1. The molecule has 7 heteroatoms. The number of carbonyl (C=O) groups is 1. The van der Waals surface area contributed by atoms with Gasteiger partial charge in [0.2, 0.25) is 0 Å². The summed E-state index contributed by atoms with van der Waals surface area (Å²) in [7, 11) is 3.60. The smallest absolute Gasteiger partial charge is 0.276 e. The number of para-hydroxylation sites is 1. The molecule has 0 atom stereocenters. The van der Waals surface area contributed by atoms with Gasteiger partial charge in [-0.05, 0) is 42.5 Å². The van der Waals surface area contributed by atoms with Gasteiger partial charge < -0.3 is 14.5 Å². The zero-order valence-electron chi connectivity index (χ0n) is 15.8. The van der Waals surface area contributed by atoms with Crippen LogP contribution in [0.15, 0.2) is 54.6 Å². The highest BCUT2D eigenvalue weighted by Crippen LogP contribution is 2.25. The van der Waals surface area contributed by atoms with Gasteiger partial charge in [-0.3, -0.25) is 9.48 Å². The second kappa shape index (κ2) is 7.34. The Morgan fingerprint density at radius 3 is 2.61 bits per heavy atom. The van der Waals surface area contributed by atoms with Gasteiger partial charge in [-0.1, -0.05) is 12.1 Å². The van der Waals surface area contributed by atoms with Crippen molar-refractivity contribution in [3.63, 3.8) is 0 Å². The number of fused-ring (bicyclic) bond motifs is 1. The van der Waals surface area contributed by atoms with Gasteiger partial charge in [0.05, 0.1) is 31.6 Å². The van der Waals surface area contributed by atoms with Crippen LogP contribution in [0.1, 0.15) is 16.2 Å². The third kappa shape index (κ3) is 3.31. The molecule has 0 saturated carbocycles. The van der Waals surface area contributed by atoms with Crippen LogP contribution in [0.3, 0.4) is 0 Å². The second-order valence-electron chi connectivity index (χ2n) is 6.71. The van der Waals surface area contributed by atoms with Crippen molar-refractivity contribution < 1.29 is 13.9 Å². The number of nitrogens with zero attached hydrogens (tertiary/aromatic N) is 4. The van der Waals surface area contributed by atoms with Crippen LogP contribution in [0.25, 0.3) is 0 Å². The highest BCUT2D eigenvalue weighted by Gasteiger charge is 2.29. The molecule has 1 aliphatic rings. The van der Waals surface area contributed by atoms with Gasteiger partial charge in [-0.25, -0.2) is 4.39 Å². The minimum Gasteiger partial charge on any atom is -0.497 e. The quantitative estimate of drug-likeness (QED) is 0.681. The number of hydrogen-bond donors (Lipinski definition) is 0. The van der Waals surface area contributed by atoms with E-state index in [2.05, 4.69) is 5.10 Å². The van der Waals surface area contributed by atoms with Crippen molar-refractivity contribution in [2.75, 3.05) is 30.5 Å². The van der Waals surface area contributed by atoms with E-state index in [0.717, 1.165) is 17.1 Å². The number of rotatable bonds is 5. The normalized spacial score (nSPS) is 13.4. The van der Waals surface area contributed by atoms with Crippen molar-refractivity contribution in [2.45, 2.75) is 13.1 Å². The van der Waals surface area contributed by atoms with Crippen LogP contribution in [-0.2, 0) is 13.1 Å². The third-order valence-corrected chi connectivity index (χ3v) is 4.89. The fourth-order valence-corrected chi connectivity index (χ4v) is 3.40. The van der Waals surface area contributed by atoms with E-state index in [4.69, 9.17) is 4.74 Å². The van der Waals surface area contributed by atoms with Crippen LogP contribution in [0.2, 0.25) is 0 Å². The first-order valence-corrected chi connectivity index (χ1v) is 9.05. The Balaban J connectivity index is 1.53. The van der Waals surface area contributed by atoms with Gasteiger partial charge in [-0.2, -0.15) is 5.10 Å². The molecule has 144 valence electrons. The first-order valence-electron chi connectivity index (χ1n) is 9.05. The summed E-state index contributed by atoms with van der Waals surface area (Å²) in [5.74, 6) is 0.166. The van der Waals surface area contributed by atoms with Crippen LogP contribution in [0.5, 0.6) is 5.75 Å². The molecule has 2 aromatic carbocycles. The van der Waals surface area contributed by atoms with Gasteiger partial charge in [0, 0.05) is 19.3 Å². The molecule has 0 radical (unpaired) electrons. The van der Waals surface area contributed by atoms with Crippen molar-refractivity contribution >= 4 is 17.3 Å². The number of amides is 1. The predicted molar refractivity (Wildman–Crippen MR) is 105 cm³/mol. The highest BCUT2D eigenvalue weighted by atomic mass is 19.1. The van der Waals surface area contributed by atoms with E-state index < -0.39 is 5.82 Å². The Bertz CT molecular complexity index is 1000. The van der Waals surface area contributed by atoms with E-state index in [1.165, 1.54) is 11.0 Å². The first kappa shape index (κ1) is 18.0. The van der Waals surface area contributed by atoms with Crippen molar-refractivity contribution in [3.05, 3.63) is 71.8 Å². The second-order valence-corrected chi connectivity index (χ2v) is 6.71. The largest absolute Gasteiger partial charge is 0.497 e. The topological polar surface area (TPSA) is 50.6 Å². The minimum absolute atomic E-state index is 0.234. The molecule has 0 N–H and O–H groups in total. The fourth-order valence-electron chi connectivity index (χ4n) is 3.40. The van der Waals surface area contributed by atoms with Crippen LogP contribution in [0.4, 0.5) is 15.8 Å². The summed E-state index contributed by atoms with van der Waals surface area (Å²) < 4.78 is 21.0. The minimum atomic E-state index is -0.400. The molecule has 1 amide bonds. The van der Waals surface area contributed by atoms with Gasteiger partial charge in [0.1, 0.15) is 17.3 Å². The Kier molecular flexibility index (Phi) is 4.73. The number of ether oxygens (including phenoxy) is 1. The molecule has 0 aliphatic carbocycles. The number of carbonyl (C=O) groups excluding carboxylic acids is 1. The molecular formula is C21H21FN4O2. The van der Waals surface area contributed by atoms with E-state index in [1.807, 2.05) is 36.2 Å². The lowest BCUT2D eigenvalue weighted by atomic mass is 10.2. The summed E-state index contributed by atoms with van der Waals surface area (Å²) in [5.41, 5.74) is 2.59. The molecule has 2 heterocycles. The summed E-state index contributed by atoms with van der Waals surface area (Å²) >= 11 is 0. The molecule has 6 nitrogen and oxygen atoms in total. The summed E-state index contributed by atoms with van der Waals surface area (Å²) in [4.78, 5) is 16.4. The van der Waals surface area contributed by atoms with Crippen LogP contribution < -0.4 is 14.5 Å². The average Bonchev–Trinajstić information content (AvgIpc) is 3.12. The zero-order valence-corrected chi connectivity index (χ0v) is 15.8. The SMILES string of the molecule is COc1ccc(N(C)Cc2cc3n(n2)CCN(c2ccccc2F)C3=O)cc1. The molecule has 1 aromatic heterocycles. The van der Waals surface area contributed by atoms with E-state index in [1.54, 1.807) is 36.1 Å². The van der Waals surface area contributed by atoms with Crippen LogP contribution in [-0.4, -0.2) is 36.4 Å². The average molecular weight is 380 g/mol. The molecule has 0 spiro atoms. The maximum Gasteiger partial charge on any atom is 0.276 e. The highest BCUT2D eigenvalue weighted by molar-refractivity contribution is 6.05. The van der Waals surface area contributed by atoms with Gasteiger partial charge in [0.15, 0.2) is 0 Å². The monoisotopic (exact) mass is 380 g/mol. The lowest BCUT2D eigenvalue weighted by Crippen LogP contribution is -2.40. The summed E-state index contributed by atoms with van der Waals surface area (Å²) in [6.07, 6.45) is 0. The van der Waals surface area contributed by atoms with Crippen LogP contribution in [0, 0.1) is 5.82 Å². The zero-order chi connectivity index (χ0) is 19.7. The van der Waals surface area contributed by atoms with E-state index in [0.29, 0.717) is 31.0 Å². The molecule has 28 heavy (non-hydrogen) atoms. The molecule has 0 unspecified atom stereocenters. The maximum absolute atomic E-state index is 14.1. The van der Waals surface area contributed by atoms with Crippen molar-refractivity contribution in [1.29, 1.82) is 0 Å². The Hall–Kier alpha value is -3.35. The van der Waals surface area contributed by atoms with Crippen molar-refractivity contribution in [1.82, 2.24) is 9.78 Å². The lowest BCUT2D eigenvalue weighted by molar-refractivity contribution is 0.0961. The number of aromatic nitrogens is 2. The fraction of sp³-hybridized carbons (Fsp3) is 0.238. The number of hydrogen-bond acceptors (Lipinski definition) is 4. The maximum atomic E-state index is 14.1. The third-order valence-electron chi connectivity index (χ3n) is 4.89. The summed E-state index contributed by atoms with van der Waals surface area (Å²) in [6, 6.07) is 15.9.